The molecule has 0 radical (unpaired) electrons. The van der Waals surface area contributed by atoms with Gasteiger partial charge in [-0.1, -0.05) is 74.7 Å². The normalized spacial score (nSPS) is 11.0. The van der Waals surface area contributed by atoms with Crippen LogP contribution in [-0.4, -0.2) is 32.9 Å². The van der Waals surface area contributed by atoms with Gasteiger partial charge in [0.25, 0.3) is 0 Å². The highest BCUT2D eigenvalue weighted by Gasteiger charge is 2.21. The van der Waals surface area contributed by atoms with Crippen molar-refractivity contribution in [2.24, 2.45) is 0 Å². The lowest BCUT2D eigenvalue weighted by atomic mass is 9.99. The number of benzene rings is 3. The minimum absolute atomic E-state index is 0.604. The van der Waals surface area contributed by atoms with Crippen molar-refractivity contribution in [2.45, 2.75) is 32.6 Å². The molecule has 0 aliphatic carbocycles. The van der Waals surface area contributed by atoms with Gasteiger partial charge in [0.2, 0.25) is 11.2 Å². The lowest BCUT2D eigenvalue weighted by Gasteiger charge is -2.14. The Kier molecular flexibility index (Phi) is 9.85. The van der Waals surface area contributed by atoms with Crippen molar-refractivity contribution in [3.05, 3.63) is 85.1 Å². The van der Waals surface area contributed by atoms with Crippen LogP contribution in [0.15, 0.2) is 85.1 Å². The molecule has 0 spiro atoms. The minimum atomic E-state index is -3.92. The fourth-order valence-electron chi connectivity index (χ4n) is 4.07. The lowest BCUT2D eigenvalue weighted by Crippen LogP contribution is -2.32. The first-order valence-electron chi connectivity index (χ1n) is 12.1. The Morgan fingerprint density at radius 3 is 2.17 bits per heavy atom. The summed E-state index contributed by atoms with van der Waals surface area (Å²) in [7, 11) is -2.18. The van der Waals surface area contributed by atoms with E-state index in [-0.39, 0.29) is 0 Å². The van der Waals surface area contributed by atoms with Crippen molar-refractivity contribution in [3.63, 3.8) is 0 Å². The van der Waals surface area contributed by atoms with Crippen LogP contribution in [0.2, 0.25) is 0 Å². The number of pyridine rings is 1. The van der Waals surface area contributed by atoms with Gasteiger partial charge in [0, 0.05) is 31.0 Å². The highest BCUT2D eigenvalue weighted by molar-refractivity contribution is 7.84. The quantitative estimate of drug-likeness (QED) is 0.172. The van der Waals surface area contributed by atoms with Gasteiger partial charge in [-0.3, -0.25) is 0 Å². The molecule has 1 heterocycles. The number of hydrogen-bond donors (Lipinski definition) is 1. The van der Waals surface area contributed by atoms with Crippen LogP contribution in [0.1, 0.15) is 32.6 Å². The van der Waals surface area contributed by atoms with Crippen LogP contribution in [0.4, 0.5) is 5.69 Å². The second kappa shape index (κ2) is 13.0. The van der Waals surface area contributed by atoms with Crippen molar-refractivity contribution < 1.29 is 22.3 Å². The van der Waals surface area contributed by atoms with E-state index >= 15 is 0 Å². The number of para-hydroxylation sites is 1. The van der Waals surface area contributed by atoms with E-state index in [0.717, 1.165) is 29.2 Å². The summed E-state index contributed by atoms with van der Waals surface area (Å²) in [6.07, 6.45) is 7.76. The fraction of sp³-hybridized carbons (Fsp3) is 0.276. The molecule has 1 N–H and O–H groups in total. The average Bonchev–Trinajstić information content (AvgIpc) is 2.88. The topological polar surface area (TPSA) is 82.3 Å². The monoisotopic (exact) mass is 506 g/mol. The largest absolute Gasteiger partial charge is 0.748 e. The molecule has 4 rings (SSSR count). The highest BCUT2D eigenvalue weighted by Crippen LogP contribution is 2.35. The number of methoxy groups -OCH3 is 1. The standard InChI is InChI=1S/C28H30N2O.CH4O3S/c1-3-4-5-12-18-29-27-17-19-30(23-15-10-7-11-16-23)28-25(22-13-8-6-9-14-22)20-24(31-2)21-26(27)28;1-5(2,3)4/h6-11,13-17,19-21H,3-5,12,18H2,1-2H3;1H3,(H,2,3,4). The van der Waals surface area contributed by atoms with Gasteiger partial charge in [-0.25, -0.2) is 8.42 Å². The number of nitrogens with zero attached hydrogens (tertiary/aromatic N) is 1. The lowest BCUT2D eigenvalue weighted by molar-refractivity contribution is -0.566. The first-order valence-corrected chi connectivity index (χ1v) is 14.0. The molecule has 0 fully saturated rings. The summed E-state index contributed by atoms with van der Waals surface area (Å²) < 4.78 is 35.2. The van der Waals surface area contributed by atoms with E-state index in [1.807, 2.05) is 0 Å². The summed E-state index contributed by atoms with van der Waals surface area (Å²) in [5.74, 6) is 0.867. The molecule has 36 heavy (non-hydrogen) atoms. The van der Waals surface area contributed by atoms with Gasteiger partial charge in [-0.2, -0.15) is 4.57 Å². The number of aromatic nitrogens is 1. The first-order chi connectivity index (χ1) is 17.3. The van der Waals surface area contributed by atoms with Gasteiger partial charge in [-0.05, 0) is 24.1 Å². The van der Waals surface area contributed by atoms with Crippen molar-refractivity contribution in [2.75, 3.05) is 25.2 Å². The number of unbranched alkanes of at least 4 members (excludes halogenated alkanes) is 3. The Hall–Kier alpha value is -3.42. The van der Waals surface area contributed by atoms with E-state index in [4.69, 9.17) is 17.7 Å². The summed E-state index contributed by atoms with van der Waals surface area (Å²) >= 11 is 0. The van der Waals surface area contributed by atoms with Gasteiger partial charge < -0.3 is 14.6 Å². The smallest absolute Gasteiger partial charge is 0.228 e. The van der Waals surface area contributed by atoms with Crippen LogP contribution in [0.5, 0.6) is 5.75 Å². The Morgan fingerprint density at radius 2 is 1.56 bits per heavy atom. The van der Waals surface area contributed by atoms with Gasteiger partial charge in [0.15, 0.2) is 6.20 Å². The SMILES string of the molecule is CCCCCCNc1cc[n+](-c2ccccc2)c2c(-c3ccccc3)cc(OC)cc12.CS(=O)(=O)[O-]. The number of nitrogens with one attached hydrogen (secondary N) is 1. The second-order valence-electron chi connectivity index (χ2n) is 8.56. The number of fused-ring (bicyclic) bond motifs is 1. The Morgan fingerprint density at radius 1 is 0.917 bits per heavy atom. The van der Waals surface area contributed by atoms with E-state index in [2.05, 4.69) is 102 Å². The molecule has 6 nitrogen and oxygen atoms in total. The number of ether oxygens (including phenoxy) is 1. The molecule has 0 saturated carbocycles. The molecule has 190 valence electrons. The van der Waals surface area contributed by atoms with Crippen LogP contribution < -0.4 is 14.6 Å². The van der Waals surface area contributed by atoms with E-state index in [0.29, 0.717) is 6.26 Å². The summed E-state index contributed by atoms with van der Waals surface area (Å²) in [4.78, 5) is 0. The van der Waals surface area contributed by atoms with Gasteiger partial charge in [-0.15, -0.1) is 0 Å². The maximum Gasteiger partial charge on any atom is 0.228 e. The van der Waals surface area contributed by atoms with Crippen LogP contribution in [0.3, 0.4) is 0 Å². The molecule has 3 aromatic carbocycles. The number of hydrogen-bond acceptors (Lipinski definition) is 5. The van der Waals surface area contributed by atoms with Gasteiger partial charge in [0.1, 0.15) is 5.75 Å². The molecule has 0 amide bonds. The molecule has 0 aliphatic heterocycles. The van der Waals surface area contributed by atoms with E-state index in [1.165, 1.54) is 42.1 Å². The molecule has 7 heteroatoms. The van der Waals surface area contributed by atoms with Crippen molar-refractivity contribution in [3.8, 4) is 22.6 Å². The third-order valence-electron chi connectivity index (χ3n) is 5.71. The maximum absolute atomic E-state index is 9.08. The van der Waals surface area contributed by atoms with Crippen molar-refractivity contribution in [1.29, 1.82) is 0 Å². The first kappa shape index (κ1) is 27.2. The van der Waals surface area contributed by atoms with Crippen LogP contribution in [-0.2, 0) is 10.1 Å². The van der Waals surface area contributed by atoms with E-state index in [9.17, 15) is 0 Å². The summed E-state index contributed by atoms with van der Waals surface area (Å²) in [5.41, 5.74) is 5.81. The van der Waals surface area contributed by atoms with Gasteiger partial charge >= 0.3 is 0 Å². The zero-order valence-electron chi connectivity index (χ0n) is 21.1. The predicted octanol–water partition coefficient (Wildman–Crippen LogP) is 5.95. The third kappa shape index (κ3) is 7.80. The fourth-order valence-corrected chi connectivity index (χ4v) is 4.07. The zero-order valence-corrected chi connectivity index (χ0v) is 21.9. The Labute approximate surface area is 214 Å². The van der Waals surface area contributed by atoms with Crippen molar-refractivity contribution >= 4 is 26.7 Å². The summed E-state index contributed by atoms with van der Waals surface area (Å²) in [6, 6.07) is 27.5. The van der Waals surface area contributed by atoms with Crippen LogP contribution in [0.25, 0.3) is 27.7 Å². The Balaban J connectivity index is 0.000000658. The molecule has 0 atom stereocenters. The molecule has 0 bridgehead atoms. The second-order valence-corrected chi connectivity index (χ2v) is 9.97. The minimum Gasteiger partial charge on any atom is -0.748 e. The molecular weight excluding hydrogens is 472 g/mol. The van der Waals surface area contributed by atoms with E-state index < -0.39 is 10.1 Å². The highest BCUT2D eigenvalue weighted by atomic mass is 32.2. The third-order valence-corrected chi connectivity index (χ3v) is 5.71. The molecule has 0 saturated heterocycles. The molecule has 4 aromatic rings. The molecular formula is C29H34N2O4S. The molecule has 0 unspecified atom stereocenters. The Bertz CT molecular complexity index is 1350. The maximum atomic E-state index is 9.08. The van der Waals surface area contributed by atoms with Crippen LogP contribution >= 0.6 is 0 Å². The van der Waals surface area contributed by atoms with Crippen LogP contribution in [0, 0.1) is 0 Å². The molecule has 1 aromatic heterocycles. The predicted molar refractivity (Wildman–Crippen MR) is 146 cm³/mol. The number of rotatable bonds is 9. The summed E-state index contributed by atoms with van der Waals surface area (Å²) in [6.45, 7) is 3.22. The summed E-state index contributed by atoms with van der Waals surface area (Å²) in [5, 5.41) is 4.85. The molecule has 0 aliphatic rings. The van der Waals surface area contributed by atoms with Gasteiger partial charge in [0.05, 0.1) is 33.9 Å². The van der Waals surface area contributed by atoms with E-state index in [1.54, 1.807) is 7.11 Å². The average molecular weight is 507 g/mol. The zero-order chi connectivity index (χ0) is 26.0. The van der Waals surface area contributed by atoms with Crippen molar-refractivity contribution in [1.82, 2.24) is 0 Å². The number of anilines is 1.